The molecule has 1 fully saturated rings. The Balaban J connectivity index is 1.46. The molecule has 2 aromatic rings. The van der Waals surface area contributed by atoms with Crippen LogP contribution in [-0.4, -0.2) is 7.11 Å². The van der Waals surface area contributed by atoms with Crippen LogP contribution >= 0.6 is 0 Å². The molecule has 2 aromatic carbocycles. The quantitative estimate of drug-likeness (QED) is 0.427. The predicted octanol–water partition coefficient (Wildman–Crippen LogP) is 7.80. The largest absolute Gasteiger partial charge is 0.494 e. The van der Waals surface area contributed by atoms with Crippen LogP contribution in [0.1, 0.15) is 63.0 Å². The van der Waals surface area contributed by atoms with Crippen molar-refractivity contribution in [1.29, 1.82) is 0 Å². The summed E-state index contributed by atoms with van der Waals surface area (Å²) in [5, 5.41) is 0. The third kappa shape index (κ3) is 4.68. The van der Waals surface area contributed by atoms with Gasteiger partial charge in [-0.15, -0.1) is 0 Å². The van der Waals surface area contributed by atoms with Crippen molar-refractivity contribution in [3.63, 3.8) is 0 Å². The zero-order valence-electron chi connectivity index (χ0n) is 18.4. The van der Waals surface area contributed by atoms with Gasteiger partial charge in [-0.1, -0.05) is 50.7 Å². The lowest BCUT2D eigenvalue weighted by Gasteiger charge is -2.28. The lowest BCUT2D eigenvalue weighted by atomic mass is 9.78. The second kappa shape index (κ2) is 9.50. The van der Waals surface area contributed by atoms with Gasteiger partial charge in [-0.05, 0) is 72.9 Å². The number of rotatable bonds is 6. The van der Waals surface area contributed by atoms with Crippen LogP contribution in [-0.2, 0) is 12.8 Å². The van der Waals surface area contributed by atoms with E-state index in [1.165, 1.54) is 69.4 Å². The van der Waals surface area contributed by atoms with Crippen molar-refractivity contribution in [2.45, 2.75) is 64.7 Å². The normalized spacial score (nSPS) is 20.9. The van der Waals surface area contributed by atoms with Gasteiger partial charge in [0.15, 0.2) is 11.6 Å². The van der Waals surface area contributed by atoms with Crippen molar-refractivity contribution in [3.8, 4) is 16.9 Å². The van der Waals surface area contributed by atoms with Crippen molar-refractivity contribution in [2.24, 2.45) is 11.8 Å². The fourth-order valence-electron chi connectivity index (χ4n) is 5.20. The lowest BCUT2D eigenvalue weighted by molar-refractivity contribution is 0.258. The van der Waals surface area contributed by atoms with E-state index in [-0.39, 0.29) is 16.9 Å². The molecule has 31 heavy (non-hydrogen) atoms. The monoisotopic (exact) mass is 428 g/mol. The Morgan fingerprint density at radius 1 is 0.903 bits per heavy atom. The Kier molecular flexibility index (Phi) is 6.74. The molecule has 0 aliphatic heterocycles. The molecular formula is C27H31F3O. The van der Waals surface area contributed by atoms with E-state index in [4.69, 9.17) is 4.74 Å². The highest BCUT2D eigenvalue weighted by atomic mass is 19.2. The van der Waals surface area contributed by atoms with Crippen LogP contribution in [0.3, 0.4) is 0 Å². The van der Waals surface area contributed by atoms with Gasteiger partial charge in [0.2, 0.25) is 5.82 Å². The van der Waals surface area contributed by atoms with Crippen molar-refractivity contribution in [2.75, 3.05) is 7.11 Å². The summed E-state index contributed by atoms with van der Waals surface area (Å²) < 4.78 is 48.3. The third-order valence-corrected chi connectivity index (χ3v) is 7.29. The average molecular weight is 429 g/mol. The highest BCUT2D eigenvalue weighted by Crippen LogP contribution is 2.37. The molecule has 0 bridgehead atoms. The minimum atomic E-state index is -1.09. The standard InChI is InChI=1S/C27H31F3O/c1-3-17-4-6-18(7-5-17)8-9-19-10-11-20-15-23(24(28)16-21(20)14-19)22-12-13-25(31-2)27(30)26(22)29/h10,12-13,15-18H,3-9,11,14H2,1-2H3. The minimum Gasteiger partial charge on any atom is -0.494 e. The molecule has 0 radical (unpaired) electrons. The van der Waals surface area contributed by atoms with Gasteiger partial charge in [-0.2, -0.15) is 4.39 Å². The first kappa shape index (κ1) is 22.0. The van der Waals surface area contributed by atoms with Gasteiger partial charge in [0.05, 0.1) is 7.11 Å². The summed E-state index contributed by atoms with van der Waals surface area (Å²) in [4.78, 5) is 0. The van der Waals surface area contributed by atoms with Crippen molar-refractivity contribution in [3.05, 3.63) is 64.5 Å². The molecule has 0 amide bonds. The van der Waals surface area contributed by atoms with Crippen LogP contribution in [0, 0.1) is 29.3 Å². The second-order valence-corrected chi connectivity index (χ2v) is 9.12. The number of methoxy groups -OCH3 is 1. The maximum absolute atomic E-state index is 14.9. The molecule has 2 aliphatic carbocycles. The Labute approximate surface area is 183 Å². The summed E-state index contributed by atoms with van der Waals surface area (Å²) in [5.41, 5.74) is 3.35. The van der Waals surface area contributed by atoms with Gasteiger partial charge in [0, 0.05) is 11.1 Å². The van der Waals surface area contributed by atoms with E-state index in [9.17, 15) is 13.2 Å². The zero-order valence-corrected chi connectivity index (χ0v) is 18.4. The fraction of sp³-hybridized carbons (Fsp3) is 0.481. The summed E-state index contributed by atoms with van der Waals surface area (Å²) in [6, 6.07) is 5.89. The molecule has 4 rings (SSSR count). The molecule has 0 heterocycles. The van der Waals surface area contributed by atoms with Crippen LogP contribution in [0.2, 0.25) is 0 Å². The second-order valence-electron chi connectivity index (χ2n) is 9.12. The predicted molar refractivity (Wildman–Crippen MR) is 119 cm³/mol. The van der Waals surface area contributed by atoms with Gasteiger partial charge in [-0.25, -0.2) is 8.78 Å². The smallest absolute Gasteiger partial charge is 0.201 e. The third-order valence-electron chi connectivity index (χ3n) is 7.29. The molecule has 1 nitrogen and oxygen atoms in total. The molecule has 0 spiro atoms. The molecule has 0 aromatic heterocycles. The maximum atomic E-state index is 14.9. The molecule has 0 saturated heterocycles. The first-order valence-corrected chi connectivity index (χ1v) is 11.5. The summed E-state index contributed by atoms with van der Waals surface area (Å²) in [5.74, 6) is -1.14. The molecule has 4 heteroatoms. The van der Waals surface area contributed by atoms with E-state index in [1.54, 1.807) is 6.07 Å². The zero-order chi connectivity index (χ0) is 22.0. The number of ether oxygens (including phenoxy) is 1. The minimum absolute atomic E-state index is 0.0731. The van der Waals surface area contributed by atoms with Crippen molar-refractivity contribution < 1.29 is 17.9 Å². The van der Waals surface area contributed by atoms with Crippen molar-refractivity contribution >= 4 is 0 Å². The van der Waals surface area contributed by atoms with Gasteiger partial charge < -0.3 is 4.74 Å². The topological polar surface area (TPSA) is 9.23 Å². The van der Waals surface area contributed by atoms with Gasteiger partial charge in [-0.3, -0.25) is 0 Å². The van der Waals surface area contributed by atoms with Gasteiger partial charge in [0.1, 0.15) is 5.82 Å². The Morgan fingerprint density at radius 2 is 1.65 bits per heavy atom. The number of halogens is 3. The summed E-state index contributed by atoms with van der Waals surface area (Å²) in [6.07, 6.45) is 12.7. The van der Waals surface area contributed by atoms with E-state index < -0.39 is 17.5 Å². The maximum Gasteiger partial charge on any atom is 0.201 e. The molecule has 166 valence electrons. The number of fused-ring (bicyclic) bond motifs is 1. The molecule has 1 saturated carbocycles. The Hall–Kier alpha value is -2.23. The number of benzene rings is 2. The summed E-state index contributed by atoms with van der Waals surface area (Å²) in [6.45, 7) is 2.29. The summed E-state index contributed by atoms with van der Waals surface area (Å²) >= 11 is 0. The van der Waals surface area contributed by atoms with E-state index in [1.807, 2.05) is 0 Å². The highest BCUT2D eigenvalue weighted by molar-refractivity contribution is 5.68. The van der Waals surface area contributed by atoms with Crippen LogP contribution in [0.15, 0.2) is 35.9 Å². The molecule has 0 unspecified atom stereocenters. The average Bonchev–Trinajstić information content (AvgIpc) is 2.79. The van der Waals surface area contributed by atoms with Crippen LogP contribution < -0.4 is 4.74 Å². The first-order valence-electron chi connectivity index (χ1n) is 11.5. The van der Waals surface area contributed by atoms with Gasteiger partial charge in [0.25, 0.3) is 0 Å². The SMILES string of the molecule is CCC1CCC(CCC2=CCc3cc(-c4ccc(OC)c(F)c4F)c(F)cc3C2)CC1. The Morgan fingerprint density at radius 3 is 2.35 bits per heavy atom. The number of allylic oxidation sites excluding steroid dienone is 2. The van der Waals surface area contributed by atoms with Crippen molar-refractivity contribution in [1.82, 2.24) is 0 Å². The van der Waals surface area contributed by atoms with E-state index in [0.717, 1.165) is 35.8 Å². The van der Waals surface area contributed by atoms with E-state index in [2.05, 4.69) is 13.0 Å². The Bertz CT molecular complexity index is 971. The number of hydrogen-bond donors (Lipinski definition) is 0. The molecule has 0 N–H and O–H groups in total. The van der Waals surface area contributed by atoms with Gasteiger partial charge >= 0.3 is 0 Å². The van der Waals surface area contributed by atoms with E-state index in [0.29, 0.717) is 6.42 Å². The van der Waals surface area contributed by atoms with Crippen LogP contribution in [0.25, 0.3) is 11.1 Å². The molecular weight excluding hydrogens is 397 g/mol. The lowest BCUT2D eigenvalue weighted by Crippen LogP contribution is -2.14. The van der Waals surface area contributed by atoms with Crippen LogP contribution in [0.5, 0.6) is 5.75 Å². The van der Waals surface area contributed by atoms with Crippen LogP contribution in [0.4, 0.5) is 13.2 Å². The van der Waals surface area contributed by atoms with E-state index >= 15 is 0 Å². The molecule has 2 aliphatic rings. The fourth-order valence-corrected chi connectivity index (χ4v) is 5.20. The summed E-state index contributed by atoms with van der Waals surface area (Å²) in [7, 11) is 1.27. The highest BCUT2D eigenvalue weighted by Gasteiger charge is 2.23. The first-order chi connectivity index (χ1) is 15.0. The number of hydrogen-bond acceptors (Lipinski definition) is 1. The molecule has 0 atom stereocenters.